The molecule has 2 aromatic heterocycles. The van der Waals surface area contributed by atoms with Gasteiger partial charge in [-0.25, -0.2) is 15.0 Å². The number of hydrogen-bond donors (Lipinski definition) is 0. The number of aromatic nitrogens is 4. The van der Waals surface area contributed by atoms with E-state index in [-0.39, 0.29) is 6.71 Å². The Labute approximate surface area is 551 Å². The molecule has 0 aliphatic carbocycles. The van der Waals surface area contributed by atoms with Crippen LogP contribution in [0.1, 0.15) is 30.9 Å². The lowest BCUT2D eigenvalue weighted by molar-refractivity contribution is 0.796. The number of nitriles is 1. The van der Waals surface area contributed by atoms with Crippen LogP contribution in [-0.4, -0.2) is 26.2 Å². The van der Waals surface area contributed by atoms with Crippen molar-refractivity contribution in [1.29, 1.82) is 5.26 Å². The number of unbranched alkanes of at least 4 members (excludes halogenated alkanes) is 1. The van der Waals surface area contributed by atoms with E-state index in [0.717, 1.165) is 109 Å². The first-order valence-electron chi connectivity index (χ1n) is 30.5. The van der Waals surface area contributed by atoms with Gasteiger partial charge in [0.1, 0.15) is 0 Å². The van der Waals surface area contributed by atoms with Crippen molar-refractivity contribution in [3.63, 3.8) is 0 Å². The van der Waals surface area contributed by atoms with Crippen molar-refractivity contribution in [1.82, 2.24) is 19.5 Å². The lowest BCUT2D eigenvalue weighted by Gasteiger charge is -2.44. The van der Waals surface area contributed by atoms with Crippen molar-refractivity contribution >= 4 is 124 Å². The predicted molar refractivity (Wildman–Crippen MR) is 390 cm³/mol. The number of fused-ring (bicyclic) bond motifs is 7. The van der Waals surface area contributed by atoms with Crippen LogP contribution in [0.4, 0.5) is 34.1 Å². The van der Waals surface area contributed by atoms with E-state index in [1.54, 1.807) is 0 Å². The molecule has 2 aliphatic rings. The van der Waals surface area contributed by atoms with Crippen LogP contribution in [-0.2, 0) is 6.42 Å². The van der Waals surface area contributed by atoms with Crippen LogP contribution >= 0.6 is 45.2 Å². The Balaban J connectivity index is 0.940. The maximum absolute atomic E-state index is 10.6. The summed E-state index contributed by atoms with van der Waals surface area (Å²) in [5.74, 6) is 1.59. The number of hydrogen-bond acceptors (Lipinski definition) is 6. The van der Waals surface area contributed by atoms with Crippen LogP contribution in [0, 0.1) is 18.5 Å². The van der Waals surface area contributed by atoms with Crippen LogP contribution in [0.25, 0.3) is 95.0 Å². The fraction of sp³-hybridized carbons (Fsp3) is 0.0500. The lowest BCUT2D eigenvalue weighted by atomic mass is 9.33. The summed E-state index contributed by atoms with van der Waals surface area (Å²) in [5, 5.41) is 12.8. The Morgan fingerprint density at radius 2 is 0.856 bits per heavy atom. The van der Waals surface area contributed by atoms with Gasteiger partial charge in [-0.3, -0.25) is 0 Å². The zero-order chi connectivity index (χ0) is 60.4. The maximum Gasteiger partial charge on any atom is 0.252 e. The van der Waals surface area contributed by atoms with E-state index >= 15 is 0 Å². The van der Waals surface area contributed by atoms with Gasteiger partial charge in [0.25, 0.3) is 6.71 Å². The minimum Gasteiger partial charge on any atom is -0.311 e. The molecule has 2 aliphatic heterocycles. The lowest BCUT2D eigenvalue weighted by Crippen LogP contribution is -2.61. The van der Waals surface area contributed by atoms with Gasteiger partial charge in [-0.15, -0.1) is 0 Å². The van der Waals surface area contributed by atoms with Crippen molar-refractivity contribution in [2.75, 3.05) is 9.80 Å². The molecule has 0 saturated heterocycles. The van der Waals surface area contributed by atoms with Crippen molar-refractivity contribution in [3.05, 3.63) is 291 Å². The van der Waals surface area contributed by atoms with Crippen LogP contribution in [0.2, 0.25) is 0 Å². The third-order valence-corrected chi connectivity index (χ3v) is 19.1. The van der Waals surface area contributed by atoms with E-state index in [0.29, 0.717) is 23.0 Å². The number of rotatable bonds is 12. The Hall–Kier alpha value is -9.94. The highest BCUT2D eigenvalue weighted by Gasteiger charge is 2.44. The average molecular weight is 1380 g/mol. The SMILES string of the molecule is CCCCc1ccc2c(c1)c1cc(-c3cc4c5c(c3)N(c3ccc(-c6ccccc6)cc3)c3ccc(I)cc3B5c3cc(I)ccc3N4c3ccc(-c4ccccc4)cc3)ccc1n2-c1ccc(C#N)cc1-c1nc(-c2ccccc2)nc(-c2ccccc2)n1. The molecule has 0 bridgehead atoms. The molecule has 426 valence electrons. The molecule has 7 nitrogen and oxygen atoms in total. The smallest absolute Gasteiger partial charge is 0.252 e. The van der Waals surface area contributed by atoms with Gasteiger partial charge in [-0.05, 0) is 216 Å². The molecule has 14 aromatic rings. The molecule has 4 heterocycles. The highest BCUT2D eigenvalue weighted by atomic mass is 127. The Bertz CT molecular complexity index is 4930. The maximum atomic E-state index is 10.6. The third kappa shape index (κ3) is 9.84. The molecular formula is C80H54BI2N7. The second-order valence-electron chi connectivity index (χ2n) is 23.2. The van der Waals surface area contributed by atoms with Gasteiger partial charge in [0.05, 0.1) is 28.4 Å². The molecule has 0 N–H and O–H groups in total. The molecule has 10 heteroatoms. The van der Waals surface area contributed by atoms with Gasteiger partial charge in [0.2, 0.25) is 0 Å². The molecule has 0 unspecified atom stereocenters. The zero-order valence-electron chi connectivity index (χ0n) is 49.1. The summed E-state index contributed by atoms with van der Waals surface area (Å²) >= 11 is 5.00. The van der Waals surface area contributed by atoms with E-state index in [9.17, 15) is 5.26 Å². The molecule has 12 aromatic carbocycles. The third-order valence-electron chi connectivity index (χ3n) is 17.7. The molecule has 16 rings (SSSR count). The second kappa shape index (κ2) is 23.2. The Morgan fingerprint density at radius 3 is 1.37 bits per heavy atom. The number of anilines is 6. The largest absolute Gasteiger partial charge is 0.311 e. The molecular weight excluding hydrogens is 1320 g/mol. The molecule has 0 atom stereocenters. The van der Waals surface area contributed by atoms with Crippen LogP contribution < -0.4 is 26.2 Å². The summed E-state index contributed by atoms with van der Waals surface area (Å²) in [6, 6.07) is 101. The molecule has 0 fully saturated rings. The van der Waals surface area contributed by atoms with E-state index < -0.39 is 0 Å². The minimum absolute atomic E-state index is 0.0568. The molecule has 90 heavy (non-hydrogen) atoms. The van der Waals surface area contributed by atoms with E-state index in [4.69, 9.17) is 15.0 Å². The Morgan fingerprint density at radius 1 is 0.400 bits per heavy atom. The van der Waals surface area contributed by atoms with Gasteiger partial charge in [-0.1, -0.05) is 183 Å². The summed E-state index contributed by atoms with van der Waals surface area (Å²) in [6.07, 6.45) is 3.15. The Kier molecular flexibility index (Phi) is 14.3. The molecule has 0 amide bonds. The monoisotopic (exact) mass is 1380 g/mol. The average Bonchev–Trinajstić information content (AvgIpc) is 0.744. The topological polar surface area (TPSA) is 73.9 Å². The number of nitrogens with zero attached hydrogens (tertiary/aromatic N) is 7. The second-order valence-corrected chi connectivity index (χ2v) is 25.7. The summed E-state index contributed by atoms with van der Waals surface area (Å²) < 4.78 is 4.74. The van der Waals surface area contributed by atoms with Gasteiger partial charge in [0, 0.05) is 68.7 Å². The molecule has 0 saturated carbocycles. The first-order valence-corrected chi connectivity index (χ1v) is 32.7. The fourth-order valence-electron chi connectivity index (χ4n) is 13.5. The summed E-state index contributed by atoms with van der Waals surface area (Å²) in [7, 11) is 0. The molecule has 0 spiro atoms. The predicted octanol–water partition coefficient (Wildman–Crippen LogP) is 19.5. The normalized spacial score (nSPS) is 12.2. The van der Waals surface area contributed by atoms with Crippen molar-refractivity contribution < 1.29 is 0 Å². The summed E-state index contributed by atoms with van der Waals surface area (Å²) in [5.41, 5.74) is 24.7. The van der Waals surface area contributed by atoms with E-state index in [1.807, 2.05) is 72.8 Å². The van der Waals surface area contributed by atoms with Crippen molar-refractivity contribution in [2.45, 2.75) is 26.2 Å². The standard InChI is InChI=1S/C80H54BI2N7/c1-2-3-16-51-25-38-70-65(43-51)66-45-59(31-40-71(66)90(70)72-39-26-52(50-84)44-67(72)80-86-78(57-21-12-6-13-22-57)85-79(87-80)58-23-14-7-15-24-58)60-46-75-77-76(47-60)89(64-36-29-56(30-37-64)54-19-10-5-11-20-54)74-42-33-62(83)49-69(74)81(77)68-48-61(82)32-41-73(68)88(75)63-34-27-55(28-35-63)53-17-8-4-9-18-53/h4-15,17-49H,2-3,16H2,1H3. The van der Waals surface area contributed by atoms with Gasteiger partial charge >= 0.3 is 0 Å². The van der Waals surface area contributed by atoms with Gasteiger partial charge < -0.3 is 14.4 Å². The minimum atomic E-state index is -0.0568. The van der Waals surface area contributed by atoms with Gasteiger partial charge in [0.15, 0.2) is 17.5 Å². The number of aryl methyl sites for hydroxylation is 1. The van der Waals surface area contributed by atoms with E-state index in [2.05, 4.69) is 273 Å². The molecule has 0 radical (unpaired) electrons. The van der Waals surface area contributed by atoms with Crippen LogP contribution in [0.15, 0.2) is 273 Å². The first-order chi connectivity index (χ1) is 44.3. The van der Waals surface area contributed by atoms with Crippen molar-refractivity contribution in [2.24, 2.45) is 0 Å². The quantitative estimate of drug-likeness (QED) is 0.0896. The zero-order valence-corrected chi connectivity index (χ0v) is 53.4. The van der Waals surface area contributed by atoms with Gasteiger partial charge in [-0.2, -0.15) is 5.26 Å². The van der Waals surface area contributed by atoms with Crippen LogP contribution in [0.3, 0.4) is 0 Å². The van der Waals surface area contributed by atoms with Crippen molar-refractivity contribution in [3.8, 4) is 79.3 Å². The highest BCUT2D eigenvalue weighted by Crippen LogP contribution is 2.48. The number of halogens is 2. The first kappa shape index (κ1) is 55.4. The summed E-state index contributed by atoms with van der Waals surface area (Å²) in [6.45, 7) is 2.20. The summed E-state index contributed by atoms with van der Waals surface area (Å²) in [4.78, 5) is 20.6. The highest BCUT2D eigenvalue weighted by molar-refractivity contribution is 14.1. The fourth-order valence-corrected chi connectivity index (χ4v) is 14.5. The number of benzene rings is 12. The van der Waals surface area contributed by atoms with E-state index in [1.165, 1.54) is 51.3 Å². The van der Waals surface area contributed by atoms with Crippen LogP contribution in [0.5, 0.6) is 0 Å².